The summed E-state index contributed by atoms with van der Waals surface area (Å²) in [6.07, 6.45) is 1.72. The van der Waals surface area contributed by atoms with Gasteiger partial charge < -0.3 is 4.74 Å². The lowest BCUT2D eigenvalue weighted by Gasteiger charge is -2.05. The van der Waals surface area contributed by atoms with E-state index in [9.17, 15) is 4.79 Å². The molecule has 0 unspecified atom stereocenters. The Morgan fingerprint density at radius 1 is 1.33 bits per heavy atom. The van der Waals surface area contributed by atoms with Crippen LogP contribution in [0.5, 0.6) is 5.75 Å². The van der Waals surface area contributed by atoms with E-state index in [1.54, 1.807) is 6.20 Å². The Bertz CT molecular complexity index is 534. The maximum atomic E-state index is 11.6. The minimum Gasteiger partial charge on any atom is -0.484 e. The number of nitrogens with one attached hydrogen (secondary N) is 1. The van der Waals surface area contributed by atoms with Gasteiger partial charge in [-0.2, -0.15) is 0 Å². The lowest BCUT2D eigenvalue weighted by Crippen LogP contribution is -2.19. The lowest BCUT2D eigenvalue weighted by molar-refractivity contribution is -0.118. The van der Waals surface area contributed by atoms with Crippen molar-refractivity contribution in [2.45, 2.75) is 13.8 Å². The molecule has 0 aliphatic heterocycles. The third-order valence-electron chi connectivity index (χ3n) is 2.26. The van der Waals surface area contributed by atoms with Gasteiger partial charge in [-0.15, -0.1) is 11.3 Å². The molecule has 0 saturated carbocycles. The number of hydrogen-bond donors (Lipinski definition) is 1. The van der Waals surface area contributed by atoms with Gasteiger partial charge in [0.2, 0.25) is 0 Å². The minimum atomic E-state index is -0.204. The first-order chi connectivity index (χ1) is 8.63. The molecular weight excluding hydrogens is 248 g/mol. The van der Waals surface area contributed by atoms with Crippen molar-refractivity contribution >= 4 is 22.4 Å². The number of anilines is 1. The maximum absolute atomic E-state index is 11.6. The van der Waals surface area contributed by atoms with Crippen LogP contribution in [0.15, 0.2) is 30.5 Å². The first-order valence-electron chi connectivity index (χ1n) is 5.55. The van der Waals surface area contributed by atoms with Gasteiger partial charge in [0.1, 0.15) is 5.75 Å². The number of aryl methyl sites for hydroxylation is 2. The second-order valence-corrected chi connectivity index (χ2v) is 5.16. The van der Waals surface area contributed by atoms with Crippen LogP contribution in [0.25, 0.3) is 0 Å². The Morgan fingerprint density at radius 2 is 2.06 bits per heavy atom. The number of aromatic nitrogens is 1. The second-order valence-electron chi connectivity index (χ2n) is 3.93. The van der Waals surface area contributed by atoms with Crippen LogP contribution < -0.4 is 10.1 Å². The van der Waals surface area contributed by atoms with Gasteiger partial charge in [-0.1, -0.05) is 17.7 Å². The zero-order valence-corrected chi connectivity index (χ0v) is 11.1. The number of ether oxygens (including phenoxy) is 1. The largest absolute Gasteiger partial charge is 0.484 e. The highest BCUT2D eigenvalue weighted by Crippen LogP contribution is 2.16. The quantitative estimate of drug-likeness (QED) is 0.921. The van der Waals surface area contributed by atoms with Gasteiger partial charge in [-0.05, 0) is 26.0 Å². The van der Waals surface area contributed by atoms with Crippen molar-refractivity contribution in [1.29, 1.82) is 0 Å². The van der Waals surface area contributed by atoms with Crippen molar-refractivity contribution in [3.63, 3.8) is 0 Å². The molecule has 0 aliphatic rings. The van der Waals surface area contributed by atoms with Gasteiger partial charge in [0.25, 0.3) is 5.91 Å². The van der Waals surface area contributed by atoms with Crippen molar-refractivity contribution in [1.82, 2.24) is 4.98 Å². The Labute approximate surface area is 110 Å². The van der Waals surface area contributed by atoms with Crippen LogP contribution in [0.3, 0.4) is 0 Å². The predicted octanol–water partition coefficient (Wildman–Crippen LogP) is 2.78. The van der Waals surface area contributed by atoms with Gasteiger partial charge in [0.15, 0.2) is 11.7 Å². The average Bonchev–Trinajstić information content (AvgIpc) is 2.74. The van der Waals surface area contributed by atoms with Crippen LogP contribution in [0.2, 0.25) is 0 Å². The smallest absolute Gasteiger partial charge is 0.264 e. The number of carbonyl (C=O) groups is 1. The lowest BCUT2D eigenvalue weighted by atomic mass is 10.2. The SMILES string of the molecule is Cc1ccc(OCC(=O)Nc2ncc(C)s2)cc1. The zero-order chi connectivity index (χ0) is 13.0. The summed E-state index contributed by atoms with van der Waals surface area (Å²) in [4.78, 5) is 16.7. The molecular formula is C13H14N2O2S. The van der Waals surface area contributed by atoms with E-state index in [0.717, 1.165) is 10.4 Å². The van der Waals surface area contributed by atoms with Gasteiger partial charge in [0.05, 0.1) is 0 Å². The molecule has 2 rings (SSSR count). The number of thiazole rings is 1. The summed E-state index contributed by atoms with van der Waals surface area (Å²) in [7, 11) is 0. The molecule has 1 aromatic heterocycles. The molecule has 0 atom stereocenters. The van der Waals surface area contributed by atoms with E-state index in [4.69, 9.17) is 4.74 Å². The molecule has 1 aromatic carbocycles. The summed E-state index contributed by atoms with van der Waals surface area (Å²) in [5.74, 6) is 0.482. The maximum Gasteiger partial charge on any atom is 0.264 e. The average molecular weight is 262 g/mol. The van der Waals surface area contributed by atoms with Crippen LogP contribution in [0.1, 0.15) is 10.4 Å². The van der Waals surface area contributed by atoms with Crippen LogP contribution in [0, 0.1) is 13.8 Å². The summed E-state index contributed by atoms with van der Waals surface area (Å²) >= 11 is 1.44. The Morgan fingerprint density at radius 3 is 2.67 bits per heavy atom. The molecule has 0 bridgehead atoms. The summed E-state index contributed by atoms with van der Waals surface area (Å²) in [6.45, 7) is 3.93. The first kappa shape index (κ1) is 12.6. The number of nitrogens with zero attached hydrogens (tertiary/aromatic N) is 1. The van der Waals surface area contributed by atoms with E-state index >= 15 is 0 Å². The molecule has 1 heterocycles. The standard InChI is InChI=1S/C13H14N2O2S/c1-9-3-5-11(6-4-9)17-8-12(16)15-13-14-7-10(2)18-13/h3-7H,8H2,1-2H3,(H,14,15,16). The van der Waals surface area contributed by atoms with Crippen LogP contribution in [-0.4, -0.2) is 17.5 Å². The van der Waals surface area contributed by atoms with Crippen LogP contribution >= 0.6 is 11.3 Å². The van der Waals surface area contributed by atoms with E-state index in [1.807, 2.05) is 38.1 Å². The fourth-order valence-electron chi connectivity index (χ4n) is 1.35. The molecule has 0 aliphatic carbocycles. The summed E-state index contributed by atoms with van der Waals surface area (Å²) in [6, 6.07) is 7.57. The van der Waals surface area contributed by atoms with Crippen LogP contribution in [-0.2, 0) is 4.79 Å². The topological polar surface area (TPSA) is 51.2 Å². The Balaban J connectivity index is 1.83. The van der Waals surface area contributed by atoms with Gasteiger partial charge in [-0.25, -0.2) is 4.98 Å². The van der Waals surface area contributed by atoms with Gasteiger partial charge >= 0.3 is 0 Å². The Hall–Kier alpha value is -1.88. The second kappa shape index (κ2) is 5.64. The number of rotatable bonds is 4. The molecule has 18 heavy (non-hydrogen) atoms. The highest BCUT2D eigenvalue weighted by Gasteiger charge is 2.06. The molecule has 94 valence electrons. The van der Waals surface area contributed by atoms with E-state index in [-0.39, 0.29) is 12.5 Å². The first-order valence-corrected chi connectivity index (χ1v) is 6.37. The third kappa shape index (κ3) is 3.56. The predicted molar refractivity (Wildman–Crippen MR) is 72.2 cm³/mol. The normalized spacial score (nSPS) is 10.1. The minimum absolute atomic E-state index is 0.0122. The fourth-order valence-corrected chi connectivity index (χ4v) is 2.03. The number of amides is 1. The van der Waals surface area contributed by atoms with Gasteiger partial charge in [-0.3, -0.25) is 10.1 Å². The van der Waals surface area contributed by atoms with E-state index < -0.39 is 0 Å². The monoisotopic (exact) mass is 262 g/mol. The number of benzene rings is 1. The molecule has 1 amide bonds. The van der Waals surface area contributed by atoms with Crippen molar-refractivity contribution in [3.8, 4) is 5.75 Å². The Kier molecular flexibility index (Phi) is 3.94. The number of hydrogen-bond acceptors (Lipinski definition) is 4. The van der Waals surface area contributed by atoms with E-state index in [0.29, 0.717) is 10.9 Å². The van der Waals surface area contributed by atoms with Crippen molar-refractivity contribution < 1.29 is 9.53 Å². The van der Waals surface area contributed by atoms with Crippen LogP contribution in [0.4, 0.5) is 5.13 Å². The summed E-state index contributed by atoms with van der Waals surface area (Å²) in [5.41, 5.74) is 1.16. The zero-order valence-electron chi connectivity index (χ0n) is 10.3. The van der Waals surface area contributed by atoms with Crippen molar-refractivity contribution in [2.24, 2.45) is 0 Å². The highest BCUT2D eigenvalue weighted by molar-refractivity contribution is 7.15. The molecule has 5 heteroatoms. The third-order valence-corrected chi connectivity index (χ3v) is 3.09. The van der Waals surface area contributed by atoms with Gasteiger partial charge in [0, 0.05) is 11.1 Å². The molecule has 0 radical (unpaired) electrons. The van der Waals surface area contributed by atoms with Crippen molar-refractivity contribution in [2.75, 3.05) is 11.9 Å². The molecule has 2 aromatic rings. The highest BCUT2D eigenvalue weighted by atomic mass is 32.1. The molecule has 1 N–H and O–H groups in total. The molecule has 0 saturated heterocycles. The fraction of sp³-hybridized carbons (Fsp3) is 0.231. The molecule has 4 nitrogen and oxygen atoms in total. The van der Waals surface area contributed by atoms with Crippen molar-refractivity contribution in [3.05, 3.63) is 40.9 Å². The van der Waals surface area contributed by atoms with E-state index in [2.05, 4.69) is 10.3 Å². The molecule has 0 spiro atoms. The molecule has 0 fully saturated rings. The number of carbonyl (C=O) groups excluding carboxylic acids is 1. The summed E-state index contributed by atoms with van der Waals surface area (Å²) in [5, 5.41) is 3.29. The van der Waals surface area contributed by atoms with E-state index in [1.165, 1.54) is 11.3 Å². The summed E-state index contributed by atoms with van der Waals surface area (Å²) < 4.78 is 5.37.